The van der Waals surface area contributed by atoms with Crippen LogP contribution in [0.3, 0.4) is 0 Å². The van der Waals surface area contributed by atoms with Crippen LogP contribution in [0.2, 0.25) is 0 Å². The van der Waals surface area contributed by atoms with Gasteiger partial charge in [0.25, 0.3) is 0 Å². The molecule has 0 fully saturated rings. The molecule has 0 heterocycles. The van der Waals surface area contributed by atoms with Crippen LogP contribution in [-0.2, 0) is 4.84 Å². The van der Waals surface area contributed by atoms with Crippen molar-refractivity contribution in [3.8, 4) is 0 Å². The molecule has 1 aromatic carbocycles. The Hall–Kier alpha value is -1.31. The summed E-state index contributed by atoms with van der Waals surface area (Å²) >= 11 is 0. The van der Waals surface area contributed by atoms with Crippen molar-refractivity contribution in [2.45, 2.75) is 26.2 Å². The molecule has 1 radical (unpaired) electrons. The van der Waals surface area contributed by atoms with Crippen LogP contribution >= 0.6 is 0 Å². The number of benzene rings is 1. The summed E-state index contributed by atoms with van der Waals surface area (Å²) in [6.07, 6.45) is 5.20. The van der Waals surface area contributed by atoms with Crippen molar-refractivity contribution in [1.29, 1.82) is 0 Å². The van der Waals surface area contributed by atoms with E-state index in [1.54, 1.807) is 6.21 Å². The summed E-state index contributed by atoms with van der Waals surface area (Å²) in [6.45, 7) is 2.88. The molecule has 14 heavy (non-hydrogen) atoms. The Morgan fingerprint density at radius 1 is 1.50 bits per heavy atom. The second-order valence-corrected chi connectivity index (χ2v) is 3.11. The molecular weight excluding hydrogens is 174 g/mol. The molecule has 0 atom stereocenters. The van der Waals surface area contributed by atoms with Crippen molar-refractivity contribution in [2.24, 2.45) is 5.16 Å². The lowest BCUT2D eigenvalue weighted by atomic mass is 10.2. The van der Waals surface area contributed by atoms with E-state index in [1.165, 1.54) is 12.8 Å². The molecule has 2 nitrogen and oxygen atoms in total. The van der Waals surface area contributed by atoms with Gasteiger partial charge in [-0.25, -0.2) is 0 Å². The van der Waals surface area contributed by atoms with E-state index in [0.717, 1.165) is 12.0 Å². The molecule has 2 heteroatoms. The van der Waals surface area contributed by atoms with Gasteiger partial charge in [0, 0.05) is 0 Å². The van der Waals surface area contributed by atoms with Gasteiger partial charge in [-0.05, 0) is 24.1 Å². The first kappa shape index (κ1) is 10.8. The van der Waals surface area contributed by atoms with Crippen LogP contribution in [-0.4, -0.2) is 12.8 Å². The number of rotatable bonds is 6. The Labute approximate surface area is 85.6 Å². The maximum Gasteiger partial charge on any atom is 0.117 e. The SMILES string of the molecule is CCCCCON=Cc1c[c]ccc1. The standard InChI is InChI=1S/C12H16NO/c1-2-3-7-10-14-13-11-12-8-5-4-6-9-12/h4-5,8-9,11H,2-3,7,10H2,1H3. The molecule has 75 valence electrons. The van der Waals surface area contributed by atoms with Gasteiger partial charge in [-0.3, -0.25) is 0 Å². The summed E-state index contributed by atoms with van der Waals surface area (Å²) in [7, 11) is 0. The summed E-state index contributed by atoms with van der Waals surface area (Å²) in [5.41, 5.74) is 1.02. The van der Waals surface area contributed by atoms with E-state index < -0.39 is 0 Å². The summed E-state index contributed by atoms with van der Waals surface area (Å²) < 4.78 is 0. The van der Waals surface area contributed by atoms with Gasteiger partial charge in [-0.2, -0.15) is 0 Å². The van der Waals surface area contributed by atoms with Gasteiger partial charge in [0.15, 0.2) is 0 Å². The van der Waals surface area contributed by atoms with Crippen LogP contribution in [0.15, 0.2) is 29.4 Å². The molecule has 1 rings (SSSR count). The molecule has 0 saturated carbocycles. The lowest BCUT2D eigenvalue weighted by Gasteiger charge is -1.96. The number of nitrogens with zero attached hydrogens (tertiary/aromatic N) is 1. The Morgan fingerprint density at radius 3 is 3.14 bits per heavy atom. The van der Waals surface area contributed by atoms with Crippen LogP contribution in [0, 0.1) is 6.07 Å². The van der Waals surface area contributed by atoms with Crippen LogP contribution < -0.4 is 0 Å². The Morgan fingerprint density at radius 2 is 2.43 bits per heavy atom. The number of hydrogen-bond acceptors (Lipinski definition) is 2. The summed E-state index contributed by atoms with van der Waals surface area (Å²) in [5.74, 6) is 0. The highest BCUT2D eigenvalue weighted by Crippen LogP contribution is 1.96. The maximum absolute atomic E-state index is 5.10. The molecule has 0 amide bonds. The van der Waals surface area contributed by atoms with E-state index in [1.807, 2.05) is 24.3 Å². The minimum Gasteiger partial charge on any atom is -0.396 e. The Bertz CT molecular complexity index is 256. The molecule has 1 aromatic rings. The van der Waals surface area contributed by atoms with Gasteiger partial charge in [0.05, 0.1) is 6.21 Å². The lowest BCUT2D eigenvalue weighted by Crippen LogP contribution is -1.88. The predicted octanol–water partition coefficient (Wildman–Crippen LogP) is 3.03. The third-order valence-electron chi connectivity index (χ3n) is 1.85. The van der Waals surface area contributed by atoms with E-state index in [9.17, 15) is 0 Å². The largest absolute Gasteiger partial charge is 0.396 e. The number of oxime groups is 1. The molecule has 0 saturated heterocycles. The van der Waals surface area contributed by atoms with Gasteiger partial charge in [0.2, 0.25) is 0 Å². The first-order valence-electron chi connectivity index (χ1n) is 5.05. The van der Waals surface area contributed by atoms with Crippen molar-refractivity contribution in [1.82, 2.24) is 0 Å². The third kappa shape index (κ3) is 4.65. The molecule has 0 N–H and O–H groups in total. The van der Waals surface area contributed by atoms with Crippen LogP contribution in [0.5, 0.6) is 0 Å². The predicted molar refractivity (Wildman–Crippen MR) is 58.3 cm³/mol. The highest BCUT2D eigenvalue weighted by Gasteiger charge is 1.86. The van der Waals surface area contributed by atoms with Crippen LogP contribution in [0.4, 0.5) is 0 Å². The Balaban J connectivity index is 2.15. The van der Waals surface area contributed by atoms with Crippen molar-refractivity contribution in [3.63, 3.8) is 0 Å². The first-order valence-corrected chi connectivity index (χ1v) is 5.05. The van der Waals surface area contributed by atoms with E-state index >= 15 is 0 Å². The fraction of sp³-hybridized carbons (Fsp3) is 0.417. The van der Waals surface area contributed by atoms with Crippen molar-refractivity contribution in [2.75, 3.05) is 6.61 Å². The quantitative estimate of drug-likeness (QED) is 0.384. The van der Waals surface area contributed by atoms with Gasteiger partial charge in [-0.1, -0.05) is 43.1 Å². The monoisotopic (exact) mass is 190 g/mol. The average Bonchev–Trinajstić information content (AvgIpc) is 2.25. The van der Waals surface area contributed by atoms with Gasteiger partial charge in [0.1, 0.15) is 6.61 Å². The minimum absolute atomic E-state index is 0.709. The van der Waals surface area contributed by atoms with Gasteiger partial charge >= 0.3 is 0 Å². The minimum atomic E-state index is 0.709. The van der Waals surface area contributed by atoms with E-state index in [-0.39, 0.29) is 0 Å². The highest BCUT2D eigenvalue weighted by molar-refractivity contribution is 5.78. The van der Waals surface area contributed by atoms with Crippen molar-refractivity contribution < 1.29 is 4.84 Å². The molecular formula is C12H16NO. The molecule has 0 unspecified atom stereocenters. The molecule has 0 bridgehead atoms. The smallest absolute Gasteiger partial charge is 0.117 e. The highest BCUT2D eigenvalue weighted by atomic mass is 16.6. The van der Waals surface area contributed by atoms with E-state index in [4.69, 9.17) is 4.84 Å². The lowest BCUT2D eigenvalue weighted by molar-refractivity contribution is 0.141. The molecule has 0 spiro atoms. The van der Waals surface area contributed by atoms with Crippen LogP contribution in [0.1, 0.15) is 31.7 Å². The molecule has 0 aliphatic rings. The molecule has 0 aliphatic carbocycles. The molecule has 0 aliphatic heterocycles. The summed E-state index contributed by atoms with van der Waals surface area (Å²) in [6, 6.07) is 10.6. The van der Waals surface area contributed by atoms with Crippen LogP contribution in [0.25, 0.3) is 0 Å². The zero-order valence-electron chi connectivity index (χ0n) is 8.57. The third-order valence-corrected chi connectivity index (χ3v) is 1.85. The first-order chi connectivity index (χ1) is 6.93. The number of unbranched alkanes of at least 4 members (excludes halogenated alkanes) is 2. The van der Waals surface area contributed by atoms with E-state index in [2.05, 4.69) is 18.1 Å². The zero-order chi connectivity index (χ0) is 10.1. The normalized spacial score (nSPS) is 10.6. The fourth-order valence-corrected chi connectivity index (χ4v) is 1.05. The molecule has 0 aromatic heterocycles. The topological polar surface area (TPSA) is 21.6 Å². The zero-order valence-corrected chi connectivity index (χ0v) is 8.57. The Kier molecular flexibility index (Phi) is 5.48. The van der Waals surface area contributed by atoms with Crippen molar-refractivity contribution >= 4 is 6.21 Å². The second kappa shape index (κ2) is 7.13. The van der Waals surface area contributed by atoms with E-state index in [0.29, 0.717) is 6.61 Å². The maximum atomic E-state index is 5.10. The van der Waals surface area contributed by atoms with Gasteiger partial charge < -0.3 is 4.84 Å². The summed E-state index contributed by atoms with van der Waals surface area (Å²) in [4.78, 5) is 5.10. The fourth-order valence-electron chi connectivity index (χ4n) is 1.05. The number of hydrogen-bond donors (Lipinski definition) is 0. The second-order valence-electron chi connectivity index (χ2n) is 3.11. The van der Waals surface area contributed by atoms with Gasteiger partial charge in [-0.15, -0.1) is 0 Å². The van der Waals surface area contributed by atoms with Crippen molar-refractivity contribution in [3.05, 3.63) is 35.9 Å². The average molecular weight is 190 g/mol. The summed E-state index contributed by atoms with van der Waals surface area (Å²) in [5, 5.41) is 3.87.